The highest BCUT2D eigenvalue weighted by molar-refractivity contribution is 5.65. The van der Waals surface area contributed by atoms with Crippen LogP contribution in [0.25, 0.3) is 6.08 Å². The predicted molar refractivity (Wildman–Crippen MR) is 78.1 cm³/mol. The van der Waals surface area contributed by atoms with Crippen molar-refractivity contribution in [2.45, 2.75) is 0 Å². The third kappa shape index (κ3) is 6.96. The van der Waals surface area contributed by atoms with Crippen LogP contribution in [-0.4, -0.2) is 6.29 Å². The number of rotatable bonds is 6. The van der Waals surface area contributed by atoms with Crippen molar-refractivity contribution < 1.29 is 4.79 Å². The molecule has 0 radical (unpaired) electrons. The molecule has 0 bridgehead atoms. The first-order chi connectivity index (χ1) is 8.93. The Morgan fingerprint density at radius 1 is 0.611 bits per heavy atom. The van der Waals surface area contributed by atoms with Gasteiger partial charge in [-0.3, -0.25) is 4.79 Å². The summed E-state index contributed by atoms with van der Waals surface area (Å²) in [4.78, 5) is 9.97. The standard InChI is InChI=1S/C17H16O/c18-16-12-7-5-3-1-2-4-6-9-13-17-14-10-8-11-15-17/h1-16H/b2-1-,5-3-,6-4+,12-7-,13-9-. The van der Waals surface area contributed by atoms with Crippen molar-refractivity contribution >= 4 is 12.4 Å². The quantitative estimate of drug-likeness (QED) is 0.412. The van der Waals surface area contributed by atoms with Crippen LogP contribution in [0.3, 0.4) is 0 Å². The molecule has 0 amide bonds. The van der Waals surface area contributed by atoms with Crippen LogP contribution in [0.1, 0.15) is 5.56 Å². The Labute approximate surface area is 108 Å². The zero-order chi connectivity index (χ0) is 12.9. The SMILES string of the molecule is O=C\C=C/C=C\C=C/C=C/C=C\c1ccccc1. The molecular weight excluding hydrogens is 220 g/mol. The fourth-order valence-electron chi connectivity index (χ4n) is 1.23. The van der Waals surface area contributed by atoms with Gasteiger partial charge >= 0.3 is 0 Å². The van der Waals surface area contributed by atoms with Gasteiger partial charge in [-0.05, 0) is 11.6 Å². The second-order valence-electron chi connectivity index (χ2n) is 3.45. The van der Waals surface area contributed by atoms with Crippen molar-refractivity contribution in [3.8, 4) is 0 Å². The molecule has 0 aliphatic heterocycles. The van der Waals surface area contributed by atoms with Crippen LogP contribution in [-0.2, 0) is 4.79 Å². The van der Waals surface area contributed by atoms with Crippen molar-refractivity contribution in [1.82, 2.24) is 0 Å². The third-order valence-corrected chi connectivity index (χ3v) is 2.06. The van der Waals surface area contributed by atoms with Crippen molar-refractivity contribution in [2.75, 3.05) is 0 Å². The summed E-state index contributed by atoms with van der Waals surface area (Å²) in [6.45, 7) is 0. The molecule has 0 aliphatic rings. The topological polar surface area (TPSA) is 17.1 Å². The molecular formula is C17H16O. The first-order valence-electron chi connectivity index (χ1n) is 5.77. The molecule has 1 nitrogen and oxygen atoms in total. The van der Waals surface area contributed by atoms with Crippen molar-refractivity contribution in [3.63, 3.8) is 0 Å². The Kier molecular flexibility index (Phi) is 7.43. The van der Waals surface area contributed by atoms with Gasteiger partial charge in [0.1, 0.15) is 6.29 Å². The van der Waals surface area contributed by atoms with Gasteiger partial charge in [0.25, 0.3) is 0 Å². The highest BCUT2D eigenvalue weighted by atomic mass is 16.1. The lowest BCUT2D eigenvalue weighted by Gasteiger charge is -1.87. The number of benzene rings is 1. The second kappa shape index (κ2) is 9.79. The van der Waals surface area contributed by atoms with Crippen molar-refractivity contribution in [2.24, 2.45) is 0 Å². The number of carbonyl (C=O) groups excluding carboxylic acids is 1. The van der Waals surface area contributed by atoms with Gasteiger partial charge < -0.3 is 0 Å². The van der Waals surface area contributed by atoms with E-state index in [0.717, 1.165) is 6.29 Å². The first kappa shape index (κ1) is 13.7. The lowest BCUT2D eigenvalue weighted by Crippen LogP contribution is -1.66. The molecule has 0 unspecified atom stereocenters. The summed E-state index contributed by atoms with van der Waals surface area (Å²) in [5, 5.41) is 0. The summed E-state index contributed by atoms with van der Waals surface area (Å²) in [5.41, 5.74) is 1.19. The fraction of sp³-hybridized carbons (Fsp3) is 0. The largest absolute Gasteiger partial charge is 0.299 e. The number of hydrogen-bond acceptors (Lipinski definition) is 1. The fourth-order valence-corrected chi connectivity index (χ4v) is 1.23. The van der Waals surface area contributed by atoms with E-state index in [0.29, 0.717) is 0 Å². The van der Waals surface area contributed by atoms with Crippen molar-refractivity contribution in [3.05, 3.63) is 90.6 Å². The lowest BCUT2D eigenvalue weighted by atomic mass is 10.2. The zero-order valence-electron chi connectivity index (χ0n) is 10.1. The van der Waals surface area contributed by atoms with Crippen LogP contribution in [0.5, 0.6) is 0 Å². The molecule has 18 heavy (non-hydrogen) atoms. The first-order valence-corrected chi connectivity index (χ1v) is 5.77. The number of hydrogen-bond donors (Lipinski definition) is 0. The van der Waals surface area contributed by atoms with Gasteiger partial charge in [0, 0.05) is 0 Å². The van der Waals surface area contributed by atoms with Crippen LogP contribution in [0.2, 0.25) is 0 Å². The summed E-state index contributed by atoms with van der Waals surface area (Å²) >= 11 is 0. The van der Waals surface area contributed by atoms with E-state index < -0.39 is 0 Å². The van der Waals surface area contributed by atoms with E-state index in [1.165, 1.54) is 11.6 Å². The minimum absolute atomic E-state index is 0.752. The van der Waals surface area contributed by atoms with E-state index in [-0.39, 0.29) is 0 Å². The summed E-state index contributed by atoms with van der Waals surface area (Å²) < 4.78 is 0. The lowest BCUT2D eigenvalue weighted by molar-refractivity contribution is -0.104. The molecule has 1 aromatic carbocycles. The van der Waals surface area contributed by atoms with Gasteiger partial charge in [-0.15, -0.1) is 0 Å². The van der Waals surface area contributed by atoms with Gasteiger partial charge in [0.05, 0.1) is 0 Å². The van der Waals surface area contributed by atoms with Crippen LogP contribution in [0.15, 0.2) is 85.0 Å². The summed E-state index contributed by atoms with van der Waals surface area (Å²) in [6, 6.07) is 10.1. The van der Waals surface area contributed by atoms with Crippen LogP contribution in [0.4, 0.5) is 0 Å². The zero-order valence-corrected chi connectivity index (χ0v) is 10.1. The van der Waals surface area contributed by atoms with Gasteiger partial charge in [-0.25, -0.2) is 0 Å². The Hall–Kier alpha value is -2.41. The van der Waals surface area contributed by atoms with E-state index >= 15 is 0 Å². The average molecular weight is 236 g/mol. The smallest absolute Gasteiger partial charge is 0.142 e. The van der Waals surface area contributed by atoms with Gasteiger partial charge in [0.2, 0.25) is 0 Å². The molecule has 0 fully saturated rings. The van der Waals surface area contributed by atoms with Gasteiger partial charge in [-0.1, -0.05) is 85.0 Å². The maximum absolute atomic E-state index is 9.97. The minimum atomic E-state index is 0.752. The number of aldehydes is 1. The summed E-state index contributed by atoms with van der Waals surface area (Å²) in [6.07, 6.45) is 19.4. The molecule has 0 N–H and O–H groups in total. The third-order valence-electron chi connectivity index (χ3n) is 2.06. The second-order valence-corrected chi connectivity index (χ2v) is 3.45. The van der Waals surface area contributed by atoms with E-state index in [2.05, 4.69) is 12.1 Å². The molecule has 0 saturated carbocycles. The molecule has 0 aliphatic carbocycles. The Balaban J connectivity index is 2.31. The monoisotopic (exact) mass is 236 g/mol. The highest BCUT2D eigenvalue weighted by Crippen LogP contribution is 2.00. The number of allylic oxidation sites excluding steroid dienone is 9. The molecule has 0 aromatic heterocycles. The maximum atomic E-state index is 9.97. The Morgan fingerprint density at radius 3 is 1.67 bits per heavy atom. The molecule has 0 spiro atoms. The molecule has 1 rings (SSSR count). The number of carbonyl (C=O) groups is 1. The molecule has 0 atom stereocenters. The van der Waals surface area contributed by atoms with Crippen LogP contribution in [0, 0.1) is 0 Å². The summed E-state index contributed by atoms with van der Waals surface area (Å²) in [7, 11) is 0. The molecule has 1 heteroatoms. The van der Waals surface area contributed by atoms with E-state index in [9.17, 15) is 4.79 Å². The highest BCUT2D eigenvalue weighted by Gasteiger charge is 1.78. The van der Waals surface area contributed by atoms with Gasteiger partial charge in [-0.2, -0.15) is 0 Å². The predicted octanol–water partition coefficient (Wildman–Crippen LogP) is 4.12. The Morgan fingerprint density at radius 2 is 1.11 bits per heavy atom. The van der Waals surface area contributed by atoms with Crippen molar-refractivity contribution in [1.29, 1.82) is 0 Å². The van der Waals surface area contributed by atoms with E-state index in [1.807, 2.05) is 60.7 Å². The minimum Gasteiger partial charge on any atom is -0.299 e. The molecule has 90 valence electrons. The van der Waals surface area contributed by atoms with E-state index in [4.69, 9.17) is 0 Å². The Bertz CT molecular complexity index is 474. The normalized spacial score (nSPS) is 12.7. The average Bonchev–Trinajstić information content (AvgIpc) is 2.42. The maximum Gasteiger partial charge on any atom is 0.142 e. The summed E-state index contributed by atoms with van der Waals surface area (Å²) in [5.74, 6) is 0. The van der Waals surface area contributed by atoms with Crippen LogP contribution < -0.4 is 0 Å². The van der Waals surface area contributed by atoms with Crippen LogP contribution >= 0.6 is 0 Å². The van der Waals surface area contributed by atoms with E-state index in [1.54, 1.807) is 12.2 Å². The van der Waals surface area contributed by atoms with Gasteiger partial charge in [0.15, 0.2) is 0 Å². The molecule has 0 saturated heterocycles. The molecule has 1 aromatic rings. The molecule has 0 heterocycles.